The molecule has 10 heteroatoms. The lowest BCUT2D eigenvalue weighted by atomic mass is 10.2. The number of rotatable bonds is 2. The molecule has 0 aliphatic rings. The minimum Gasteiger partial charge on any atom is -0.503 e. The lowest BCUT2D eigenvalue weighted by molar-refractivity contribution is -0.276. The standard InChI is InChI=1S/C8H5F6NO3/c1-17-6-4(7(9,10)11)5(3(16)2-15-6)18-8(12,13)14/h2,16H,1H3. The zero-order valence-corrected chi connectivity index (χ0v) is 8.56. The van der Waals surface area contributed by atoms with Gasteiger partial charge in [-0.25, -0.2) is 4.98 Å². The van der Waals surface area contributed by atoms with Crippen molar-refractivity contribution < 1.29 is 40.9 Å². The number of halogens is 6. The molecule has 0 saturated heterocycles. The Morgan fingerprint density at radius 2 is 1.72 bits per heavy atom. The van der Waals surface area contributed by atoms with Crippen LogP contribution in [0.1, 0.15) is 5.56 Å². The van der Waals surface area contributed by atoms with Crippen LogP contribution in [0.15, 0.2) is 6.20 Å². The molecule has 1 N–H and O–H groups in total. The van der Waals surface area contributed by atoms with E-state index in [1.54, 1.807) is 0 Å². The number of methoxy groups -OCH3 is 1. The van der Waals surface area contributed by atoms with Crippen molar-refractivity contribution in [2.45, 2.75) is 12.5 Å². The maximum absolute atomic E-state index is 12.6. The van der Waals surface area contributed by atoms with Gasteiger partial charge in [-0.15, -0.1) is 13.2 Å². The van der Waals surface area contributed by atoms with Gasteiger partial charge in [0.05, 0.1) is 13.3 Å². The van der Waals surface area contributed by atoms with Crippen LogP contribution in [0.2, 0.25) is 0 Å². The van der Waals surface area contributed by atoms with Gasteiger partial charge in [0.1, 0.15) is 0 Å². The molecule has 4 nitrogen and oxygen atoms in total. The number of aromatic nitrogens is 1. The molecule has 0 amide bonds. The van der Waals surface area contributed by atoms with E-state index in [4.69, 9.17) is 5.11 Å². The summed E-state index contributed by atoms with van der Waals surface area (Å²) >= 11 is 0. The fourth-order valence-corrected chi connectivity index (χ4v) is 1.09. The summed E-state index contributed by atoms with van der Waals surface area (Å²) in [5, 5.41) is 8.99. The molecular weight excluding hydrogens is 272 g/mol. The van der Waals surface area contributed by atoms with Crippen LogP contribution in [0.4, 0.5) is 26.3 Å². The maximum Gasteiger partial charge on any atom is 0.573 e. The number of hydrogen-bond acceptors (Lipinski definition) is 4. The first-order valence-corrected chi connectivity index (χ1v) is 4.15. The second-order valence-electron chi connectivity index (χ2n) is 2.90. The average molecular weight is 277 g/mol. The van der Waals surface area contributed by atoms with Crippen molar-refractivity contribution in [2.24, 2.45) is 0 Å². The number of alkyl halides is 6. The van der Waals surface area contributed by atoms with E-state index in [9.17, 15) is 26.3 Å². The molecule has 18 heavy (non-hydrogen) atoms. The zero-order valence-electron chi connectivity index (χ0n) is 8.56. The van der Waals surface area contributed by atoms with Crippen LogP contribution < -0.4 is 9.47 Å². The smallest absolute Gasteiger partial charge is 0.503 e. The van der Waals surface area contributed by atoms with Crippen molar-refractivity contribution in [2.75, 3.05) is 7.11 Å². The number of pyridine rings is 1. The van der Waals surface area contributed by atoms with Crippen molar-refractivity contribution in [3.8, 4) is 17.4 Å². The molecule has 1 heterocycles. The molecule has 1 aromatic rings. The van der Waals surface area contributed by atoms with E-state index in [1.165, 1.54) is 0 Å². The minimum atomic E-state index is -5.40. The maximum atomic E-state index is 12.6. The summed E-state index contributed by atoms with van der Waals surface area (Å²) in [5.41, 5.74) is -1.94. The summed E-state index contributed by atoms with van der Waals surface area (Å²) in [6.07, 6.45) is -10.3. The third-order valence-electron chi connectivity index (χ3n) is 1.67. The molecule has 1 aromatic heterocycles. The lowest BCUT2D eigenvalue weighted by Gasteiger charge is -2.17. The molecule has 0 saturated carbocycles. The molecule has 0 bridgehead atoms. The van der Waals surface area contributed by atoms with Crippen LogP contribution in [0.3, 0.4) is 0 Å². The first-order valence-electron chi connectivity index (χ1n) is 4.15. The number of ether oxygens (including phenoxy) is 2. The van der Waals surface area contributed by atoms with Gasteiger partial charge in [0.15, 0.2) is 17.1 Å². The molecule has 0 unspecified atom stereocenters. The van der Waals surface area contributed by atoms with Crippen LogP contribution in [0, 0.1) is 0 Å². The van der Waals surface area contributed by atoms with Crippen molar-refractivity contribution >= 4 is 0 Å². The van der Waals surface area contributed by atoms with Crippen molar-refractivity contribution in [3.63, 3.8) is 0 Å². The molecule has 1 rings (SSSR count). The molecule has 0 atom stereocenters. The highest BCUT2D eigenvalue weighted by Crippen LogP contribution is 2.46. The Kier molecular flexibility index (Phi) is 3.49. The second kappa shape index (κ2) is 4.42. The SMILES string of the molecule is COc1ncc(O)c(OC(F)(F)F)c1C(F)(F)F. The molecule has 0 aliphatic carbocycles. The molecule has 0 radical (unpaired) electrons. The molecule has 0 aromatic carbocycles. The summed E-state index contributed by atoms with van der Waals surface area (Å²) in [5.74, 6) is -4.35. The number of aromatic hydroxyl groups is 1. The van der Waals surface area contributed by atoms with Gasteiger partial charge in [0.25, 0.3) is 0 Å². The van der Waals surface area contributed by atoms with Crippen LogP contribution in [0.25, 0.3) is 0 Å². The number of nitrogens with zero attached hydrogens (tertiary/aromatic N) is 1. The van der Waals surface area contributed by atoms with E-state index in [2.05, 4.69) is 14.5 Å². The monoisotopic (exact) mass is 277 g/mol. The van der Waals surface area contributed by atoms with Gasteiger partial charge in [-0.3, -0.25) is 0 Å². The van der Waals surface area contributed by atoms with Crippen LogP contribution >= 0.6 is 0 Å². The first kappa shape index (κ1) is 14.2. The van der Waals surface area contributed by atoms with Crippen LogP contribution in [-0.2, 0) is 6.18 Å². The Bertz CT molecular complexity index is 442. The van der Waals surface area contributed by atoms with Crippen LogP contribution in [0.5, 0.6) is 17.4 Å². The van der Waals surface area contributed by atoms with E-state index in [1.807, 2.05) is 0 Å². The second-order valence-corrected chi connectivity index (χ2v) is 2.90. The highest BCUT2D eigenvalue weighted by atomic mass is 19.4. The van der Waals surface area contributed by atoms with Crippen molar-refractivity contribution in [3.05, 3.63) is 11.8 Å². The molecular formula is C8H5F6NO3. The summed E-state index contributed by atoms with van der Waals surface area (Å²) in [6.45, 7) is 0. The van der Waals surface area contributed by atoms with Gasteiger partial charge < -0.3 is 14.6 Å². The highest BCUT2D eigenvalue weighted by Gasteiger charge is 2.44. The van der Waals surface area contributed by atoms with Crippen molar-refractivity contribution in [1.82, 2.24) is 4.98 Å². The Morgan fingerprint density at radius 1 is 1.17 bits per heavy atom. The molecule has 0 spiro atoms. The predicted molar refractivity (Wildman–Crippen MR) is 44.1 cm³/mol. The van der Waals surface area contributed by atoms with Gasteiger partial charge in [-0.1, -0.05) is 0 Å². The largest absolute Gasteiger partial charge is 0.573 e. The predicted octanol–water partition coefficient (Wildman–Crippen LogP) is 2.71. The van der Waals surface area contributed by atoms with Gasteiger partial charge in [0, 0.05) is 0 Å². The lowest BCUT2D eigenvalue weighted by Crippen LogP contribution is -2.21. The summed E-state index contributed by atoms with van der Waals surface area (Å²) in [6, 6.07) is 0. The summed E-state index contributed by atoms with van der Waals surface area (Å²) in [4.78, 5) is 3.01. The third kappa shape index (κ3) is 3.08. The normalized spacial score (nSPS) is 12.4. The zero-order chi connectivity index (χ0) is 14.1. The summed E-state index contributed by atoms with van der Waals surface area (Å²) < 4.78 is 80.9. The molecule has 0 fully saturated rings. The van der Waals surface area contributed by atoms with Gasteiger partial charge in [-0.2, -0.15) is 13.2 Å². The van der Waals surface area contributed by atoms with Gasteiger partial charge in [-0.05, 0) is 0 Å². The van der Waals surface area contributed by atoms with E-state index in [0.29, 0.717) is 6.20 Å². The van der Waals surface area contributed by atoms with E-state index in [-0.39, 0.29) is 0 Å². The fourth-order valence-electron chi connectivity index (χ4n) is 1.09. The Hall–Kier alpha value is -1.87. The van der Waals surface area contributed by atoms with E-state index >= 15 is 0 Å². The first-order chi connectivity index (χ1) is 8.06. The van der Waals surface area contributed by atoms with E-state index in [0.717, 1.165) is 7.11 Å². The van der Waals surface area contributed by atoms with Gasteiger partial charge in [0.2, 0.25) is 5.88 Å². The Balaban J connectivity index is 3.46. The fraction of sp³-hybridized carbons (Fsp3) is 0.375. The van der Waals surface area contributed by atoms with Crippen LogP contribution in [-0.4, -0.2) is 23.6 Å². The number of hydrogen-bond donors (Lipinski definition) is 1. The molecule has 102 valence electrons. The highest BCUT2D eigenvalue weighted by molar-refractivity contribution is 5.50. The average Bonchev–Trinajstić information content (AvgIpc) is 2.17. The quantitative estimate of drug-likeness (QED) is 0.844. The third-order valence-corrected chi connectivity index (χ3v) is 1.67. The Labute approximate surface area is 95.8 Å². The van der Waals surface area contributed by atoms with Gasteiger partial charge >= 0.3 is 12.5 Å². The van der Waals surface area contributed by atoms with E-state index < -0.39 is 35.5 Å². The minimum absolute atomic E-state index is 0.356. The molecule has 0 aliphatic heterocycles. The van der Waals surface area contributed by atoms with Crippen molar-refractivity contribution in [1.29, 1.82) is 0 Å². The Morgan fingerprint density at radius 3 is 2.11 bits per heavy atom. The summed E-state index contributed by atoms with van der Waals surface area (Å²) in [7, 11) is 0.784. The topological polar surface area (TPSA) is 51.6 Å².